The number of nitrogens with zero attached hydrogens (tertiary/aromatic N) is 2. The van der Waals surface area contributed by atoms with Crippen molar-refractivity contribution in [3.05, 3.63) is 29.8 Å². The summed E-state index contributed by atoms with van der Waals surface area (Å²) in [7, 11) is 1.64. The Morgan fingerprint density at radius 1 is 1.22 bits per heavy atom. The van der Waals surface area contributed by atoms with Gasteiger partial charge in [0.2, 0.25) is 0 Å². The van der Waals surface area contributed by atoms with Crippen LogP contribution in [0.1, 0.15) is 37.8 Å². The van der Waals surface area contributed by atoms with Crippen molar-refractivity contribution in [2.45, 2.75) is 38.4 Å². The Labute approximate surface area is 159 Å². The maximum atomic E-state index is 12.4. The van der Waals surface area contributed by atoms with Gasteiger partial charge in [-0.15, -0.1) is 0 Å². The molecule has 8 heteroatoms. The number of methoxy groups -OCH3 is 1. The first kappa shape index (κ1) is 21.3. The normalized spacial score (nSPS) is 17.0. The van der Waals surface area contributed by atoms with Crippen LogP contribution in [-0.4, -0.2) is 56.9 Å². The minimum absolute atomic E-state index is 0.0294. The summed E-state index contributed by atoms with van der Waals surface area (Å²) in [5.74, 6) is 1.21. The Morgan fingerprint density at radius 3 is 2.56 bits per heavy atom. The highest BCUT2D eigenvalue weighted by molar-refractivity contribution is 5.79. The van der Waals surface area contributed by atoms with Crippen LogP contribution in [0, 0.1) is 0 Å². The van der Waals surface area contributed by atoms with Crippen molar-refractivity contribution >= 4 is 5.96 Å². The predicted octanol–water partition coefficient (Wildman–Crippen LogP) is 3.34. The van der Waals surface area contributed by atoms with Crippen molar-refractivity contribution in [1.82, 2.24) is 15.5 Å². The summed E-state index contributed by atoms with van der Waals surface area (Å²) in [5, 5.41) is 5.79. The molecule has 1 unspecified atom stereocenters. The third-order valence-electron chi connectivity index (χ3n) is 4.55. The number of benzene rings is 1. The zero-order valence-electron chi connectivity index (χ0n) is 16.0. The van der Waals surface area contributed by atoms with Crippen LogP contribution < -0.4 is 15.4 Å². The molecule has 5 nitrogen and oxygen atoms in total. The van der Waals surface area contributed by atoms with E-state index in [0.717, 1.165) is 37.2 Å². The standard InChI is InChI=1S/C19H29F3N4O/c1-3-23-18(24-11-10-19(20,21)22)25-14-16(26-12-6-7-13-26)15-8-4-5-9-17(15)27-2/h4-5,8-9,16H,3,6-7,10-14H2,1-2H3,(H2,23,24,25). The first-order valence-electron chi connectivity index (χ1n) is 9.40. The number of guanidine groups is 1. The number of hydrogen-bond donors (Lipinski definition) is 2. The molecule has 2 rings (SSSR count). The Hall–Kier alpha value is -1.96. The van der Waals surface area contributed by atoms with Gasteiger partial charge >= 0.3 is 6.18 Å². The molecule has 1 aromatic carbocycles. The highest BCUT2D eigenvalue weighted by Gasteiger charge is 2.27. The molecule has 1 fully saturated rings. The molecule has 0 aromatic heterocycles. The maximum Gasteiger partial charge on any atom is 0.390 e. The van der Waals surface area contributed by atoms with E-state index in [9.17, 15) is 13.2 Å². The molecule has 0 bridgehead atoms. The highest BCUT2D eigenvalue weighted by Crippen LogP contribution is 2.31. The molecule has 0 spiro atoms. The molecular formula is C19H29F3N4O. The van der Waals surface area contributed by atoms with Gasteiger partial charge in [-0.1, -0.05) is 18.2 Å². The van der Waals surface area contributed by atoms with E-state index >= 15 is 0 Å². The van der Waals surface area contributed by atoms with E-state index in [1.54, 1.807) is 7.11 Å². The molecule has 1 saturated heterocycles. The number of alkyl halides is 3. The van der Waals surface area contributed by atoms with E-state index in [0.29, 0.717) is 19.0 Å². The zero-order valence-corrected chi connectivity index (χ0v) is 16.0. The molecule has 0 radical (unpaired) electrons. The SMILES string of the molecule is CCNC(=NCC(c1ccccc1OC)N1CCCC1)NCCC(F)(F)F. The minimum atomic E-state index is -4.18. The summed E-state index contributed by atoms with van der Waals surface area (Å²) in [5.41, 5.74) is 1.05. The molecule has 2 N–H and O–H groups in total. The van der Waals surface area contributed by atoms with Gasteiger partial charge in [0.1, 0.15) is 5.75 Å². The van der Waals surface area contributed by atoms with Crippen LogP contribution in [0.3, 0.4) is 0 Å². The van der Waals surface area contributed by atoms with Gasteiger partial charge in [-0.3, -0.25) is 9.89 Å². The zero-order chi connectivity index (χ0) is 19.7. The molecule has 27 heavy (non-hydrogen) atoms. The fraction of sp³-hybridized carbons (Fsp3) is 0.632. The number of halogens is 3. The number of nitrogens with one attached hydrogen (secondary N) is 2. The Balaban J connectivity index is 2.13. The van der Waals surface area contributed by atoms with E-state index in [2.05, 4.69) is 20.5 Å². The first-order valence-corrected chi connectivity index (χ1v) is 9.40. The van der Waals surface area contributed by atoms with Crippen LogP contribution in [-0.2, 0) is 0 Å². The van der Waals surface area contributed by atoms with Crippen LogP contribution in [0.2, 0.25) is 0 Å². The summed E-state index contributed by atoms with van der Waals surface area (Å²) >= 11 is 0. The van der Waals surface area contributed by atoms with Crippen molar-refractivity contribution in [2.75, 3.05) is 39.8 Å². The number of hydrogen-bond acceptors (Lipinski definition) is 3. The van der Waals surface area contributed by atoms with Crippen LogP contribution in [0.5, 0.6) is 5.75 Å². The van der Waals surface area contributed by atoms with Crippen LogP contribution in [0.4, 0.5) is 13.2 Å². The molecule has 1 aliphatic heterocycles. The number of aliphatic imine (C=N–C) groups is 1. The number of likely N-dealkylation sites (tertiary alicyclic amines) is 1. The Morgan fingerprint density at radius 2 is 1.93 bits per heavy atom. The second kappa shape index (κ2) is 10.4. The molecule has 0 aliphatic carbocycles. The maximum absolute atomic E-state index is 12.4. The van der Waals surface area contributed by atoms with Crippen LogP contribution in [0.15, 0.2) is 29.3 Å². The fourth-order valence-corrected chi connectivity index (χ4v) is 3.25. The lowest BCUT2D eigenvalue weighted by atomic mass is 10.0. The Kier molecular flexibility index (Phi) is 8.22. The third kappa shape index (κ3) is 6.93. The smallest absolute Gasteiger partial charge is 0.390 e. The lowest BCUT2D eigenvalue weighted by Gasteiger charge is -2.28. The molecule has 1 aliphatic rings. The summed E-state index contributed by atoms with van der Waals surface area (Å²) in [6, 6.07) is 7.88. The van der Waals surface area contributed by atoms with Gasteiger partial charge in [-0.2, -0.15) is 13.2 Å². The average molecular weight is 386 g/mol. The van der Waals surface area contributed by atoms with Gasteiger partial charge in [0.15, 0.2) is 5.96 Å². The Bertz CT molecular complexity index is 601. The molecular weight excluding hydrogens is 357 g/mol. The summed E-state index contributed by atoms with van der Waals surface area (Å²) in [4.78, 5) is 6.92. The van der Waals surface area contributed by atoms with E-state index in [1.807, 2.05) is 31.2 Å². The van der Waals surface area contributed by atoms with Gasteiger partial charge in [0, 0.05) is 18.7 Å². The predicted molar refractivity (Wildman–Crippen MR) is 101 cm³/mol. The molecule has 152 valence electrons. The van der Waals surface area contributed by atoms with Gasteiger partial charge < -0.3 is 15.4 Å². The average Bonchev–Trinajstić information content (AvgIpc) is 3.15. The highest BCUT2D eigenvalue weighted by atomic mass is 19.4. The third-order valence-corrected chi connectivity index (χ3v) is 4.55. The fourth-order valence-electron chi connectivity index (χ4n) is 3.25. The van der Waals surface area contributed by atoms with Crippen LogP contribution in [0.25, 0.3) is 0 Å². The topological polar surface area (TPSA) is 48.9 Å². The quantitative estimate of drug-likeness (QED) is 0.532. The summed E-state index contributed by atoms with van der Waals surface area (Å²) in [6.45, 7) is 4.69. The lowest BCUT2D eigenvalue weighted by molar-refractivity contribution is -0.132. The van der Waals surface area contributed by atoms with Crippen molar-refractivity contribution in [1.29, 1.82) is 0 Å². The van der Waals surface area contributed by atoms with E-state index in [1.165, 1.54) is 0 Å². The summed E-state index contributed by atoms with van der Waals surface area (Å²) in [6.07, 6.45) is -2.79. The molecule has 1 heterocycles. The number of rotatable bonds is 8. The van der Waals surface area contributed by atoms with Gasteiger partial charge in [0.05, 0.1) is 26.1 Å². The van der Waals surface area contributed by atoms with Crippen LogP contribution >= 0.6 is 0 Å². The molecule has 1 aromatic rings. The van der Waals surface area contributed by atoms with Crippen molar-refractivity contribution < 1.29 is 17.9 Å². The van der Waals surface area contributed by atoms with Crippen molar-refractivity contribution in [3.8, 4) is 5.75 Å². The molecule has 0 amide bonds. The van der Waals surface area contributed by atoms with Gasteiger partial charge in [-0.25, -0.2) is 0 Å². The molecule has 0 saturated carbocycles. The van der Waals surface area contributed by atoms with Gasteiger partial charge in [-0.05, 0) is 38.9 Å². The van der Waals surface area contributed by atoms with E-state index in [-0.39, 0.29) is 12.6 Å². The monoisotopic (exact) mass is 386 g/mol. The number of para-hydroxylation sites is 1. The second-order valence-corrected chi connectivity index (χ2v) is 6.51. The van der Waals surface area contributed by atoms with Crippen molar-refractivity contribution in [2.24, 2.45) is 4.99 Å². The molecule has 1 atom stereocenters. The minimum Gasteiger partial charge on any atom is -0.496 e. The second-order valence-electron chi connectivity index (χ2n) is 6.51. The lowest BCUT2D eigenvalue weighted by Crippen LogP contribution is -2.39. The number of ether oxygens (including phenoxy) is 1. The van der Waals surface area contributed by atoms with Gasteiger partial charge in [0.25, 0.3) is 0 Å². The first-order chi connectivity index (χ1) is 12.9. The largest absolute Gasteiger partial charge is 0.496 e. The summed E-state index contributed by atoms with van der Waals surface area (Å²) < 4.78 is 42.7. The van der Waals surface area contributed by atoms with E-state index in [4.69, 9.17) is 4.74 Å². The van der Waals surface area contributed by atoms with Crippen molar-refractivity contribution in [3.63, 3.8) is 0 Å². The van der Waals surface area contributed by atoms with E-state index < -0.39 is 12.6 Å².